The Bertz CT molecular complexity index is 287. The minimum Gasteiger partial charge on any atom is -0.409 e. The Balaban J connectivity index is 2.35. The van der Waals surface area contributed by atoms with Crippen molar-refractivity contribution in [2.75, 3.05) is 33.2 Å². The summed E-state index contributed by atoms with van der Waals surface area (Å²) in [6.07, 6.45) is 2.50. The summed E-state index contributed by atoms with van der Waals surface area (Å²) in [5, 5.41) is 11.4. The average molecular weight is 242 g/mol. The number of amides is 1. The summed E-state index contributed by atoms with van der Waals surface area (Å²) in [7, 11) is 1.75. The number of hydrogen-bond donors (Lipinski definition) is 2. The molecule has 0 aliphatic carbocycles. The van der Waals surface area contributed by atoms with Crippen molar-refractivity contribution in [2.24, 2.45) is 16.8 Å². The summed E-state index contributed by atoms with van der Waals surface area (Å²) in [4.78, 5) is 15.9. The Morgan fingerprint density at radius 1 is 1.53 bits per heavy atom. The standard InChI is InChI=1S/C11H22N4O2/c1-9(10(12)13-17)11(16)14(2)7-8-15-5-3-4-6-15/h9,17H,3-8H2,1-2H3,(H2,12,13). The Kier molecular flexibility index (Phi) is 5.21. The van der Waals surface area contributed by atoms with E-state index in [1.807, 2.05) is 0 Å². The third-order valence-corrected chi connectivity index (χ3v) is 3.26. The first-order valence-electron chi connectivity index (χ1n) is 6.01. The summed E-state index contributed by atoms with van der Waals surface area (Å²) < 4.78 is 0. The zero-order chi connectivity index (χ0) is 12.8. The molecule has 0 saturated carbocycles. The lowest BCUT2D eigenvalue weighted by Gasteiger charge is -2.23. The van der Waals surface area contributed by atoms with Gasteiger partial charge in [0.1, 0.15) is 0 Å². The predicted molar refractivity (Wildman–Crippen MR) is 65.9 cm³/mol. The van der Waals surface area contributed by atoms with Crippen molar-refractivity contribution in [3.63, 3.8) is 0 Å². The minimum atomic E-state index is -0.566. The van der Waals surface area contributed by atoms with Crippen molar-refractivity contribution in [3.05, 3.63) is 0 Å². The number of hydrogen-bond acceptors (Lipinski definition) is 4. The first-order chi connectivity index (χ1) is 8.06. The van der Waals surface area contributed by atoms with Crippen LogP contribution in [0.15, 0.2) is 5.16 Å². The van der Waals surface area contributed by atoms with E-state index in [-0.39, 0.29) is 11.7 Å². The van der Waals surface area contributed by atoms with Crippen molar-refractivity contribution in [3.8, 4) is 0 Å². The van der Waals surface area contributed by atoms with Gasteiger partial charge >= 0.3 is 0 Å². The molecule has 0 aromatic heterocycles. The second-order valence-corrected chi connectivity index (χ2v) is 4.56. The van der Waals surface area contributed by atoms with Crippen LogP contribution in [0.1, 0.15) is 19.8 Å². The molecule has 1 unspecified atom stereocenters. The zero-order valence-electron chi connectivity index (χ0n) is 10.6. The van der Waals surface area contributed by atoms with Gasteiger partial charge in [-0.15, -0.1) is 0 Å². The summed E-state index contributed by atoms with van der Waals surface area (Å²) in [5.41, 5.74) is 5.42. The van der Waals surface area contributed by atoms with Crippen LogP contribution in [0.25, 0.3) is 0 Å². The van der Waals surface area contributed by atoms with Gasteiger partial charge in [0.15, 0.2) is 5.84 Å². The van der Waals surface area contributed by atoms with Gasteiger partial charge in [-0.05, 0) is 32.9 Å². The van der Waals surface area contributed by atoms with Crippen LogP contribution in [0.4, 0.5) is 0 Å². The lowest BCUT2D eigenvalue weighted by Crippen LogP contribution is -2.41. The quantitative estimate of drug-likeness (QED) is 0.306. The van der Waals surface area contributed by atoms with E-state index in [4.69, 9.17) is 10.9 Å². The van der Waals surface area contributed by atoms with Gasteiger partial charge in [0.25, 0.3) is 0 Å². The summed E-state index contributed by atoms with van der Waals surface area (Å²) in [6.45, 7) is 5.46. The Morgan fingerprint density at radius 2 is 2.12 bits per heavy atom. The van der Waals surface area contributed by atoms with E-state index in [1.165, 1.54) is 12.8 Å². The van der Waals surface area contributed by atoms with Crippen molar-refractivity contribution in [2.45, 2.75) is 19.8 Å². The van der Waals surface area contributed by atoms with Crippen molar-refractivity contribution < 1.29 is 10.0 Å². The zero-order valence-corrected chi connectivity index (χ0v) is 10.6. The number of carbonyl (C=O) groups is 1. The number of nitrogens with two attached hydrogens (primary N) is 1. The van der Waals surface area contributed by atoms with E-state index in [0.29, 0.717) is 6.54 Å². The maximum absolute atomic E-state index is 11.9. The van der Waals surface area contributed by atoms with Gasteiger partial charge in [0.05, 0.1) is 5.92 Å². The number of nitrogens with zero attached hydrogens (tertiary/aromatic N) is 3. The average Bonchev–Trinajstić information content (AvgIpc) is 2.86. The van der Waals surface area contributed by atoms with Crippen LogP contribution in [-0.2, 0) is 4.79 Å². The largest absolute Gasteiger partial charge is 0.409 e. The fourth-order valence-electron chi connectivity index (χ4n) is 1.95. The monoisotopic (exact) mass is 242 g/mol. The molecule has 3 N–H and O–H groups in total. The number of carbonyl (C=O) groups excluding carboxylic acids is 1. The summed E-state index contributed by atoms with van der Waals surface area (Å²) in [5.74, 6) is -0.717. The van der Waals surface area contributed by atoms with Crippen LogP contribution in [0.3, 0.4) is 0 Å². The molecule has 0 bridgehead atoms. The number of likely N-dealkylation sites (N-methyl/N-ethyl adjacent to an activating group) is 1. The highest BCUT2D eigenvalue weighted by Crippen LogP contribution is 2.07. The Morgan fingerprint density at radius 3 is 2.65 bits per heavy atom. The molecule has 98 valence electrons. The highest BCUT2D eigenvalue weighted by Gasteiger charge is 2.22. The topological polar surface area (TPSA) is 82.2 Å². The number of likely N-dealkylation sites (tertiary alicyclic amines) is 1. The fourth-order valence-corrected chi connectivity index (χ4v) is 1.95. The molecule has 0 spiro atoms. The number of oxime groups is 1. The second kappa shape index (κ2) is 6.44. The van der Waals surface area contributed by atoms with E-state index in [0.717, 1.165) is 19.6 Å². The molecular formula is C11H22N4O2. The molecule has 1 atom stereocenters. The molecule has 1 rings (SSSR count). The fraction of sp³-hybridized carbons (Fsp3) is 0.818. The molecular weight excluding hydrogens is 220 g/mol. The maximum atomic E-state index is 11.9. The van der Waals surface area contributed by atoms with Crippen LogP contribution in [0.5, 0.6) is 0 Å². The van der Waals surface area contributed by atoms with Gasteiger partial charge in [0.2, 0.25) is 5.91 Å². The van der Waals surface area contributed by atoms with Crippen molar-refractivity contribution in [1.82, 2.24) is 9.80 Å². The van der Waals surface area contributed by atoms with Crippen molar-refractivity contribution >= 4 is 11.7 Å². The lowest BCUT2D eigenvalue weighted by molar-refractivity contribution is -0.131. The molecule has 1 saturated heterocycles. The van der Waals surface area contributed by atoms with Gasteiger partial charge in [-0.1, -0.05) is 5.16 Å². The predicted octanol–water partition coefficient (Wildman–Crippen LogP) is -0.0769. The van der Waals surface area contributed by atoms with Gasteiger partial charge in [-0.2, -0.15) is 0 Å². The molecule has 1 fully saturated rings. The third-order valence-electron chi connectivity index (χ3n) is 3.26. The molecule has 0 aromatic rings. The molecule has 1 heterocycles. The van der Waals surface area contributed by atoms with Crippen LogP contribution in [0.2, 0.25) is 0 Å². The lowest BCUT2D eigenvalue weighted by atomic mass is 10.1. The molecule has 17 heavy (non-hydrogen) atoms. The van der Waals surface area contributed by atoms with Gasteiger partial charge in [-0.3, -0.25) is 4.79 Å². The van der Waals surface area contributed by atoms with E-state index in [9.17, 15) is 4.79 Å². The first-order valence-corrected chi connectivity index (χ1v) is 6.01. The number of amidine groups is 1. The minimum absolute atomic E-state index is 0.0389. The van der Waals surface area contributed by atoms with Gasteiger partial charge < -0.3 is 20.7 Å². The van der Waals surface area contributed by atoms with Crippen molar-refractivity contribution in [1.29, 1.82) is 0 Å². The third kappa shape index (κ3) is 3.89. The second-order valence-electron chi connectivity index (χ2n) is 4.56. The Hall–Kier alpha value is -1.30. The first kappa shape index (κ1) is 13.8. The summed E-state index contributed by atoms with van der Waals surface area (Å²) >= 11 is 0. The molecule has 0 radical (unpaired) electrons. The van der Waals surface area contributed by atoms with Gasteiger partial charge in [0, 0.05) is 20.1 Å². The van der Waals surface area contributed by atoms with E-state index in [1.54, 1.807) is 18.9 Å². The highest BCUT2D eigenvalue weighted by molar-refractivity contribution is 6.01. The van der Waals surface area contributed by atoms with Crippen LogP contribution >= 0.6 is 0 Å². The molecule has 1 amide bonds. The van der Waals surface area contributed by atoms with E-state index >= 15 is 0 Å². The SMILES string of the molecule is CC(C(=O)N(C)CCN1CCCC1)C(N)=NO. The van der Waals surface area contributed by atoms with Crippen LogP contribution in [-0.4, -0.2) is 60.0 Å². The highest BCUT2D eigenvalue weighted by atomic mass is 16.4. The molecule has 6 nitrogen and oxygen atoms in total. The molecule has 1 aliphatic rings. The molecule has 6 heteroatoms. The van der Waals surface area contributed by atoms with Crippen LogP contribution < -0.4 is 5.73 Å². The maximum Gasteiger partial charge on any atom is 0.232 e. The van der Waals surface area contributed by atoms with Gasteiger partial charge in [-0.25, -0.2) is 0 Å². The smallest absolute Gasteiger partial charge is 0.232 e. The normalized spacial score (nSPS) is 19.3. The van der Waals surface area contributed by atoms with E-state index in [2.05, 4.69) is 10.1 Å². The summed E-state index contributed by atoms with van der Waals surface area (Å²) in [6, 6.07) is 0. The molecule has 0 aromatic carbocycles. The van der Waals surface area contributed by atoms with E-state index < -0.39 is 5.92 Å². The molecule has 1 aliphatic heterocycles. The van der Waals surface area contributed by atoms with Crippen LogP contribution in [0, 0.1) is 5.92 Å². The number of rotatable bonds is 5. The Labute approximate surface area is 102 Å².